The zero-order valence-electron chi connectivity index (χ0n) is 12.4. The minimum Gasteiger partial charge on any atom is -0.468 e. The number of carbonyl (C=O) groups is 2. The number of hydrogen-bond acceptors (Lipinski definition) is 3. The van der Waals surface area contributed by atoms with E-state index in [9.17, 15) is 9.59 Å². The summed E-state index contributed by atoms with van der Waals surface area (Å²) in [6.45, 7) is 0. The summed E-state index contributed by atoms with van der Waals surface area (Å²) < 4.78 is 4.81. The van der Waals surface area contributed by atoms with E-state index in [2.05, 4.69) is 0 Å². The van der Waals surface area contributed by atoms with Gasteiger partial charge >= 0.3 is 5.97 Å². The Kier molecular flexibility index (Phi) is 4.05. The predicted molar refractivity (Wildman–Crippen MR) is 83.5 cm³/mol. The van der Waals surface area contributed by atoms with Crippen LogP contribution in [0.15, 0.2) is 60.7 Å². The molecule has 1 fully saturated rings. The van der Waals surface area contributed by atoms with Gasteiger partial charge in [-0.25, -0.2) is 0 Å². The van der Waals surface area contributed by atoms with Gasteiger partial charge in [-0.3, -0.25) is 9.59 Å². The van der Waals surface area contributed by atoms with E-state index in [0.29, 0.717) is 6.42 Å². The summed E-state index contributed by atoms with van der Waals surface area (Å²) in [6.07, 6.45) is 0.509. The lowest BCUT2D eigenvalue weighted by Crippen LogP contribution is -2.22. The molecule has 0 bridgehead atoms. The number of ether oxygens (including phenoxy) is 1. The molecule has 0 heterocycles. The summed E-state index contributed by atoms with van der Waals surface area (Å²) in [5, 5.41) is 0. The molecule has 0 spiro atoms. The molecule has 1 aliphatic rings. The van der Waals surface area contributed by atoms with E-state index in [-0.39, 0.29) is 17.6 Å². The fraction of sp³-hybridized carbons (Fsp3) is 0.263. The lowest BCUT2D eigenvalue weighted by atomic mass is 9.84. The molecular formula is C19H18O3. The van der Waals surface area contributed by atoms with Gasteiger partial charge < -0.3 is 4.74 Å². The van der Waals surface area contributed by atoms with E-state index in [1.807, 2.05) is 60.7 Å². The summed E-state index contributed by atoms with van der Waals surface area (Å²) in [6, 6.07) is 19.6. The van der Waals surface area contributed by atoms with Crippen molar-refractivity contribution in [3.05, 3.63) is 71.8 Å². The minimum absolute atomic E-state index is 0.0141. The highest BCUT2D eigenvalue weighted by molar-refractivity contribution is 6.04. The van der Waals surface area contributed by atoms with Gasteiger partial charge in [0.15, 0.2) is 5.78 Å². The van der Waals surface area contributed by atoms with Gasteiger partial charge in [0, 0.05) is 0 Å². The zero-order valence-corrected chi connectivity index (χ0v) is 12.4. The molecule has 0 amide bonds. The van der Waals surface area contributed by atoms with E-state index >= 15 is 0 Å². The molecule has 0 aliphatic heterocycles. The average Bonchev–Trinajstić information content (AvgIpc) is 2.93. The number of ketones is 1. The molecule has 1 saturated carbocycles. The second-order valence-corrected chi connectivity index (χ2v) is 5.62. The molecule has 22 heavy (non-hydrogen) atoms. The number of benzene rings is 2. The maximum atomic E-state index is 12.8. The first-order valence-corrected chi connectivity index (χ1v) is 7.44. The second kappa shape index (κ2) is 6.14. The Balaban J connectivity index is 2.02. The van der Waals surface area contributed by atoms with E-state index in [1.54, 1.807) is 0 Å². The lowest BCUT2D eigenvalue weighted by molar-refractivity contribution is -0.148. The number of Topliss-reactive ketones (excluding diaryl/α,β-unsaturated/α-hetero) is 1. The summed E-state index contributed by atoms with van der Waals surface area (Å²) >= 11 is 0. The molecule has 2 aromatic carbocycles. The minimum atomic E-state index is -0.666. The predicted octanol–water partition coefficient (Wildman–Crippen LogP) is 3.32. The third-order valence-corrected chi connectivity index (χ3v) is 4.41. The second-order valence-electron chi connectivity index (χ2n) is 5.62. The van der Waals surface area contributed by atoms with Gasteiger partial charge in [-0.15, -0.1) is 0 Å². The topological polar surface area (TPSA) is 43.4 Å². The highest BCUT2D eigenvalue weighted by atomic mass is 16.5. The zero-order chi connectivity index (χ0) is 15.5. The van der Waals surface area contributed by atoms with Crippen LogP contribution in [-0.2, 0) is 14.3 Å². The normalized spacial score (nSPS) is 24.2. The molecule has 3 rings (SSSR count). The van der Waals surface area contributed by atoms with Crippen molar-refractivity contribution in [1.29, 1.82) is 0 Å². The van der Waals surface area contributed by atoms with Crippen LogP contribution in [0.3, 0.4) is 0 Å². The highest BCUT2D eigenvalue weighted by Gasteiger charge is 2.47. The van der Waals surface area contributed by atoms with E-state index in [1.165, 1.54) is 7.11 Å². The first-order chi connectivity index (χ1) is 10.7. The molecular weight excluding hydrogens is 276 g/mol. The Morgan fingerprint density at radius 3 is 2.05 bits per heavy atom. The summed E-state index contributed by atoms with van der Waals surface area (Å²) in [5.41, 5.74) is 2.06. The molecule has 3 unspecified atom stereocenters. The fourth-order valence-corrected chi connectivity index (χ4v) is 3.36. The lowest BCUT2D eigenvalue weighted by Gasteiger charge is -2.19. The quantitative estimate of drug-likeness (QED) is 0.644. The first-order valence-electron chi connectivity index (χ1n) is 7.44. The van der Waals surface area contributed by atoms with Crippen LogP contribution in [0.1, 0.15) is 29.4 Å². The Morgan fingerprint density at radius 2 is 1.50 bits per heavy atom. The summed E-state index contributed by atoms with van der Waals surface area (Å²) in [5.74, 6) is -1.40. The number of carbonyl (C=O) groups excluding carboxylic acids is 2. The van der Waals surface area contributed by atoms with Crippen LogP contribution < -0.4 is 0 Å². The third-order valence-electron chi connectivity index (χ3n) is 4.41. The van der Waals surface area contributed by atoms with Crippen molar-refractivity contribution in [3.8, 4) is 0 Å². The van der Waals surface area contributed by atoms with Crippen LogP contribution in [0.25, 0.3) is 0 Å². The standard InChI is InChI=1S/C19H18O3/c1-22-19(21)16-12-15(13-8-4-2-5-9-13)17(18(16)20)14-10-6-3-7-11-14/h2-11,15-17H,12H2,1H3. The maximum absolute atomic E-state index is 12.8. The van der Waals surface area contributed by atoms with Crippen molar-refractivity contribution in [2.45, 2.75) is 18.3 Å². The van der Waals surface area contributed by atoms with Crippen molar-refractivity contribution in [1.82, 2.24) is 0 Å². The van der Waals surface area contributed by atoms with E-state index in [4.69, 9.17) is 4.74 Å². The van der Waals surface area contributed by atoms with Gasteiger partial charge in [-0.2, -0.15) is 0 Å². The molecule has 0 aromatic heterocycles. The van der Waals surface area contributed by atoms with Gasteiger partial charge in [0.05, 0.1) is 13.0 Å². The van der Waals surface area contributed by atoms with Crippen LogP contribution in [0.4, 0.5) is 0 Å². The smallest absolute Gasteiger partial charge is 0.316 e. The molecule has 0 saturated heterocycles. The average molecular weight is 294 g/mol. The molecule has 3 atom stereocenters. The van der Waals surface area contributed by atoms with Crippen molar-refractivity contribution < 1.29 is 14.3 Å². The maximum Gasteiger partial charge on any atom is 0.316 e. The van der Waals surface area contributed by atoms with Crippen molar-refractivity contribution >= 4 is 11.8 Å². The van der Waals surface area contributed by atoms with Crippen LogP contribution >= 0.6 is 0 Å². The van der Waals surface area contributed by atoms with Gasteiger partial charge in [0.25, 0.3) is 0 Å². The first kappa shape index (κ1) is 14.5. The van der Waals surface area contributed by atoms with Crippen LogP contribution in [0, 0.1) is 5.92 Å². The molecule has 3 heteroatoms. The molecule has 3 nitrogen and oxygen atoms in total. The Bertz CT molecular complexity index is 664. The van der Waals surface area contributed by atoms with E-state index < -0.39 is 11.9 Å². The van der Waals surface area contributed by atoms with Gasteiger partial charge in [-0.1, -0.05) is 60.7 Å². The number of esters is 1. The summed E-state index contributed by atoms with van der Waals surface area (Å²) in [7, 11) is 1.34. The molecule has 2 aromatic rings. The Labute approximate surface area is 129 Å². The van der Waals surface area contributed by atoms with Crippen molar-refractivity contribution in [3.63, 3.8) is 0 Å². The SMILES string of the molecule is COC(=O)C1CC(c2ccccc2)C(c2ccccc2)C1=O. The fourth-order valence-electron chi connectivity index (χ4n) is 3.36. The molecule has 0 N–H and O–H groups in total. The third kappa shape index (κ3) is 2.54. The largest absolute Gasteiger partial charge is 0.468 e. The molecule has 1 aliphatic carbocycles. The van der Waals surface area contributed by atoms with Crippen LogP contribution in [0.2, 0.25) is 0 Å². The molecule has 112 valence electrons. The Hall–Kier alpha value is -2.42. The highest BCUT2D eigenvalue weighted by Crippen LogP contribution is 2.46. The van der Waals surface area contributed by atoms with Crippen molar-refractivity contribution in [2.24, 2.45) is 5.92 Å². The van der Waals surface area contributed by atoms with Gasteiger partial charge in [0.2, 0.25) is 0 Å². The summed E-state index contributed by atoms with van der Waals surface area (Å²) in [4.78, 5) is 24.7. The number of rotatable bonds is 3. The van der Waals surface area contributed by atoms with Gasteiger partial charge in [0.1, 0.15) is 5.92 Å². The van der Waals surface area contributed by atoms with E-state index in [0.717, 1.165) is 11.1 Å². The monoisotopic (exact) mass is 294 g/mol. The van der Waals surface area contributed by atoms with Crippen LogP contribution in [0.5, 0.6) is 0 Å². The molecule has 0 radical (unpaired) electrons. The Morgan fingerprint density at radius 1 is 0.955 bits per heavy atom. The number of methoxy groups -OCH3 is 1. The van der Waals surface area contributed by atoms with Crippen LogP contribution in [-0.4, -0.2) is 18.9 Å². The van der Waals surface area contributed by atoms with Crippen molar-refractivity contribution in [2.75, 3.05) is 7.11 Å². The van der Waals surface area contributed by atoms with Gasteiger partial charge in [-0.05, 0) is 23.5 Å². The number of hydrogen-bond donors (Lipinski definition) is 0.